The molecule has 1 saturated carbocycles. The van der Waals surface area contributed by atoms with E-state index in [0.29, 0.717) is 29.1 Å². The van der Waals surface area contributed by atoms with Gasteiger partial charge >= 0.3 is 6.18 Å². The van der Waals surface area contributed by atoms with Crippen molar-refractivity contribution in [2.24, 2.45) is 5.92 Å². The monoisotopic (exact) mass is 414 g/mol. The molecule has 1 aliphatic rings. The predicted octanol–water partition coefficient (Wildman–Crippen LogP) is 5.15. The number of alkyl halides is 3. The Bertz CT molecular complexity index is 1220. The molecule has 0 spiro atoms. The lowest BCUT2D eigenvalue weighted by molar-refractivity contribution is -0.146. The van der Waals surface area contributed by atoms with Gasteiger partial charge in [0.1, 0.15) is 5.65 Å². The number of H-pyrrole nitrogens is 1. The van der Waals surface area contributed by atoms with Crippen LogP contribution in [0.15, 0.2) is 36.9 Å². The third-order valence-electron chi connectivity index (χ3n) is 5.94. The van der Waals surface area contributed by atoms with Gasteiger partial charge < -0.3 is 10.3 Å². The second-order valence-electron chi connectivity index (χ2n) is 8.04. The van der Waals surface area contributed by atoms with Gasteiger partial charge in [-0.25, -0.2) is 9.50 Å². The van der Waals surface area contributed by atoms with Gasteiger partial charge in [0.05, 0.1) is 17.6 Å². The van der Waals surface area contributed by atoms with E-state index >= 15 is 0 Å². The van der Waals surface area contributed by atoms with Crippen molar-refractivity contribution in [3.63, 3.8) is 0 Å². The van der Waals surface area contributed by atoms with E-state index in [0.717, 1.165) is 23.4 Å². The first-order valence-electron chi connectivity index (χ1n) is 9.96. The van der Waals surface area contributed by atoms with Crippen LogP contribution in [0.25, 0.3) is 27.7 Å². The highest BCUT2D eigenvalue weighted by molar-refractivity contribution is 5.94. The summed E-state index contributed by atoms with van der Waals surface area (Å²) in [5.74, 6) is -0.347. The Morgan fingerprint density at radius 3 is 2.77 bits per heavy atom. The van der Waals surface area contributed by atoms with E-state index in [1.165, 1.54) is 23.6 Å². The van der Waals surface area contributed by atoms with Crippen molar-refractivity contribution >= 4 is 22.5 Å². The highest BCUT2D eigenvalue weighted by Gasteiger charge is 2.38. The van der Waals surface area contributed by atoms with Crippen LogP contribution in [-0.4, -0.2) is 36.8 Å². The Kier molecular flexibility index (Phi) is 4.23. The lowest BCUT2D eigenvalue weighted by Gasteiger charge is -2.14. The molecule has 4 heterocycles. The second-order valence-corrected chi connectivity index (χ2v) is 8.04. The summed E-state index contributed by atoms with van der Waals surface area (Å²) in [7, 11) is 0. The van der Waals surface area contributed by atoms with Crippen molar-refractivity contribution < 1.29 is 13.2 Å². The summed E-state index contributed by atoms with van der Waals surface area (Å²) in [6.45, 7) is 3.28. The van der Waals surface area contributed by atoms with E-state index in [-0.39, 0.29) is 5.56 Å². The minimum Gasteiger partial charge on any atom is -0.351 e. The van der Waals surface area contributed by atoms with Gasteiger partial charge in [-0.05, 0) is 50.3 Å². The lowest BCUT2D eigenvalue weighted by Crippen LogP contribution is -2.18. The highest BCUT2D eigenvalue weighted by atomic mass is 19.4. The topological polar surface area (TPSA) is 70.9 Å². The average molecular weight is 414 g/mol. The highest BCUT2D eigenvalue weighted by Crippen LogP contribution is 2.38. The van der Waals surface area contributed by atoms with Gasteiger partial charge in [0.25, 0.3) is 0 Å². The zero-order chi connectivity index (χ0) is 21.0. The molecule has 2 atom stereocenters. The van der Waals surface area contributed by atoms with Crippen LogP contribution < -0.4 is 5.32 Å². The van der Waals surface area contributed by atoms with Crippen LogP contribution in [0, 0.1) is 5.92 Å². The Balaban J connectivity index is 1.51. The fourth-order valence-corrected chi connectivity index (χ4v) is 3.81. The Morgan fingerprint density at radius 1 is 1.23 bits per heavy atom. The number of aromatic amines is 1. The molecule has 4 aromatic heterocycles. The van der Waals surface area contributed by atoms with Crippen molar-refractivity contribution in [3.8, 4) is 11.1 Å². The fraction of sp³-hybridized carbons (Fsp3) is 0.381. The first-order chi connectivity index (χ1) is 14.3. The number of rotatable bonds is 5. The minimum absolute atomic E-state index is 0.154. The third kappa shape index (κ3) is 3.28. The zero-order valence-corrected chi connectivity index (χ0v) is 16.5. The van der Waals surface area contributed by atoms with E-state index < -0.39 is 12.1 Å². The molecule has 4 aromatic rings. The van der Waals surface area contributed by atoms with Gasteiger partial charge in [0.2, 0.25) is 5.95 Å². The van der Waals surface area contributed by atoms with Gasteiger partial charge in [0.15, 0.2) is 0 Å². The van der Waals surface area contributed by atoms with E-state index in [1.54, 1.807) is 18.5 Å². The quantitative estimate of drug-likeness (QED) is 0.474. The molecule has 1 aliphatic carbocycles. The van der Waals surface area contributed by atoms with Crippen LogP contribution in [0.3, 0.4) is 0 Å². The van der Waals surface area contributed by atoms with Gasteiger partial charge in [-0.15, -0.1) is 0 Å². The lowest BCUT2D eigenvalue weighted by atomic mass is 10.0. The molecule has 0 bridgehead atoms. The molecule has 9 heteroatoms. The summed E-state index contributed by atoms with van der Waals surface area (Å²) in [5.41, 5.74) is 2.88. The predicted molar refractivity (Wildman–Crippen MR) is 108 cm³/mol. The molecule has 0 saturated heterocycles. The number of fused-ring (bicyclic) bond motifs is 2. The smallest absolute Gasteiger partial charge is 0.351 e. The number of hydrogen-bond acceptors (Lipinski definition) is 4. The maximum absolute atomic E-state index is 13.2. The molecular formula is C21H21F3N6. The number of halogens is 3. The molecule has 1 unspecified atom stereocenters. The van der Waals surface area contributed by atoms with Crippen LogP contribution in [0.4, 0.5) is 19.1 Å². The first kappa shape index (κ1) is 18.9. The normalized spacial score (nSPS) is 16.8. The van der Waals surface area contributed by atoms with Crippen LogP contribution in [0.5, 0.6) is 0 Å². The first-order valence-corrected chi connectivity index (χ1v) is 9.96. The van der Waals surface area contributed by atoms with E-state index in [2.05, 4.69) is 32.3 Å². The van der Waals surface area contributed by atoms with Crippen molar-refractivity contribution in [2.45, 2.75) is 44.8 Å². The van der Waals surface area contributed by atoms with Gasteiger partial charge in [-0.1, -0.05) is 0 Å². The van der Waals surface area contributed by atoms with Crippen molar-refractivity contribution in [1.29, 1.82) is 0 Å². The summed E-state index contributed by atoms with van der Waals surface area (Å²) in [5, 5.41) is 8.23. The SMILES string of the molecule is CC(c1cnn2ccc(-c3c[nH]c4nc(N[C@H](C)C5CC5)ncc34)cc12)C(F)(F)F. The molecule has 30 heavy (non-hydrogen) atoms. The molecule has 0 aromatic carbocycles. The van der Waals surface area contributed by atoms with E-state index in [1.807, 2.05) is 12.3 Å². The Morgan fingerprint density at radius 2 is 2.03 bits per heavy atom. The molecule has 5 rings (SSSR count). The molecule has 6 nitrogen and oxygen atoms in total. The van der Waals surface area contributed by atoms with E-state index in [4.69, 9.17) is 0 Å². The van der Waals surface area contributed by atoms with Crippen LogP contribution in [0.1, 0.15) is 38.2 Å². The maximum Gasteiger partial charge on any atom is 0.395 e. The molecule has 156 valence electrons. The minimum atomic E-state index is -4.32. The number of nitrogens with one attached hydrogen (secondary N) is 2. The summed E-state index contributed by atoms with van der Waals surface area (Å²) < 4.78 is 41.2. The van der Waals surface area contributed by atoms with Gasteiger partial charge in [0, 0.05) is 41.1 Å². The van der Waals surface area contributed by atoms with Gasteiger partial charge in [-0.3, -0.25) is 0 Å². The standard InChI is InChI=1S/C21H21F3N6/c1-11(21(22,23)24)15-10-27-30-6-5-14(7-18(15)30)16-8-25-19-17(16)9-26-20(29-19)28-12(2)13-3-4-13/h5-13H,3-4H2,1-2H3,(H2,25,26,28,29)/t11?,12-/m1/s1. The molecule has 0 aliphatic heterocycles. The van der Waals surface area contributed by atoms with Gasteiger partial charge in [-0.2, -0.15) is 23.3 Å². The van der Waals surface area contributed by atoms with Crippen molar-refractivity contribution in [1.82, 2.24) is 24.6 Å². The largest absolute Gasteiger partial charge is 0.395 e. The fourth-order valence-electron chi connectivity index (χ4n) is 3.81. The Labute approximate surface area is 170 Å². The summed E-state index contributed by atoms with van der Waals surface area (Å²) in [6.07, 6.45) is 4.65. The zero-order valence-electron chi connectivity index (χ0n) is 16.5. The number of anilines is 1. The van der Waals surface area contributed by atoms with Crippen LogP contribution >= 0.6 is 0 Å². The molecular weight excluding hydrogens is 393 g/mol. The molecule has 1 fully saturated rings. The molecule has 0 amide bonds. The third-order valence-corrected chi connectivity index (χ3v) is 5.94. The van der Waals surface area contributed by atoms with Crippen molar-refractivity contribution in [3.05, 3.63) is 42.5 Å². The van der Waals surface area contributed by atoms with Crippen molar-refractivity contribution in [2.75, 3.05) is 5.32 Å². The Hall–Kier alpha value is -3.10. The van der Waals surface area contributed by atoms with Crippen LogP contribution in [0.2, 0.25) is 0 Å². The van der Waals surface area contributed by atoms with Crippen LogP contribution in [-0.2, 0) is 0 Å². The maximum atomic E-state index is 13.2. The number of pyridine rings is 1. The number of hydrogen-bond donors (Lipinski definition) is 2. The molecule has 0 radical (unpaired) electrons. The average Bonchev–Trinajstić information content (AvgIpc) is 3.35. The summed E-state index contributed by atoms with van der Waals surface area (Å²) in [4.78, 5) is 12.2. The molecule has 2 N–H and O–H groups in total. The number of nitrogens with zero attached hydrogens (tertiary/aromatic N) is 4. The second kappa shape index (κ2) is 6.72. The number of aromatic nitrogens is 5. The summed E-state index contributed by atoms with van der Waals surface area (Å²) >= 11 is 0. The summed E-state index contributed by atoms with van der Waals surface area (Å²) in [6, 6.07) is 3.88. The van der Waals surface area contributed by atoms with E-state index in [9.17, 15) is 13.2 Å².